The van der Waals surface area contributed by atoms with Crippen molar-refractivity contribution in [3.05, 3.63) is 11.6 Å². The van der Waals surface area contributed by atoms with E-state index in [2.05, 4.69) is 32.2 Å². The van der Waals surface area contributed by atoms with Crippen molar-refractivity contribution in [1.29, 1.82) is 0 Å². The number of aliphatic hydroxyl groups excluding tert-OH is 1. The molecule has 0 radical (unpaired) electrons. The Hall–Kier alpha value is -1.56. The number of amides is 3. The van der Waals surface area contributed by atoms with Gasteiger partial charge in [0, 0.05) is 38.6 Å². The monoisotopic (exact) mass is 525 g/mol. The maximum Gasteiger partial charge on any atom is 0.317 e. The Labute approximate surface area is 230 Å². The third-order valence-electron chi connectivity index (χ3n) is 12.5. The SMILES string of the molecule is CC(CCC(=O)N1CCN(C(=O)NC2CC2)CC1)[C@H]1CC[C@H]2[C@@H]3CC=C4C[C@@H](O)CC[C@]4(C)[C@H]3CC[C@]12C. The van der Waals surface area contributed by atoms with E-state index in [1.807, 2.05) is 9.80 Å². The minimum atomic E-state index is -0.130. The van der Waals surface area contributed by atoms with Crippen molar-refractivity contribution in [2.45, 2.75) is 110 Å². The average Bonchev–Trinajstić information content (AvgIpc) is 3.65. The number of allylic oxidation sites excluding steroid dienone is 1. The predicted octanol–water partition coefficient (Wildman–Crippen LogP) is 5.36. The van der Waals surface area contributed by atoms with Gasteiger partial charge in [-0.3, -0.25) is 4.79 Å². The summed E-state index contributed by atoms with van der Waals surface area (Å²) in [6.07, 6.45) is 15.8. The fourth-order valence-electron chi connectivity index (χ4n) is 9.98. The van der Waals surface area contributed by atoms with Crippen LogP contribution in [-0.4, -0.2) is 65.2 Å². The molecule has 1 unspecified atom stereocenters. The van der Waals surface area contributed by atoms with Crippen molar-refractivity contribution in [2.75, 3.05) is 26.2 Å². The molecular weight excluding hydrogens is 474 g/mol. The van der Waals surface area contributed by atoms with Crippen LogP contribution >= 0.6 is 0 Å². The highest BCUT2D eigenvalue weighted by Crippen LogP contribution is 2.67. The quantitative estimate of drug-likeness (QED) is 0.475. The number of carbonyl (C=O) groups excluding carboxylic acids is 2. The number of nitrogens with one attached hydrogen (secondary N) is 1. The molecular formula is C32H51N3O3. The summed E-state index contributed by atoms with van der Waals surface area (Å²) < 4.78 is 0. The van der Waals surface area contributed by atoms with E-state index < -0.39 is 0 Å². The summed E-state index contributed by atoms with van der Waals surface area (Å²) in [5.41, 5.74) is 2.27. The minimum absolute atomic E-state index is 0.0479. The van der Waals surface area contributed by atoms with Crippen molar-refractivity contribution >= 4 is 11.9 Å². The molecule has 4 saturated carbocycles. The lowest BCUT2D eigenvalue weighted by Crippen LogP contribution is -2.53. The fraction of sp³-hybridized carbons (Fsp3) is 0.875. The van der Waals surface area contributed by atoms with Gasteiger partial charge in [-0.05, 0) is 111 Å². The third-order valence-corrected chi connectivity index (χ3v) is 12.5. The molecule has 6 heteroatoms. The zero-order chi connectivity index (χ0) is 26.7. The van der Waals surface area contributed by atoms with Crippen LogP contribution in [0.5, 0.6) is 0 Å². The number of aliphatic hydroxyl groups is 1. The second-order valence-electron chi connectivity index (χ2n) is 14.5. The smallest absolute Gasteiger partial charge is 0.317 e. The molecule has 1 heterocycles. The lowest BCUT2D eigenvalue weighted by atomic mass is 9.47. The van der Waals surface area contributed by atoms with Gasteiger partial charge in [0.1, 0.15) is 0 Å². The van der Waals surface area contributed by atoms with Gasteiger partial charge in [0.05, 0.1) is 6.10 Å². The Morgan fingerprint density at radius 2 is 1.74 bits per heavy atom. The number of carbonyl (C=O) groups is 2. The van der Waals surface area contributed by atoms with Gasteiger partial charge in [-0.2, -0.15) is 0 Å². The van der Waals surface area contributed by atoms with E-state index in [0.717, 1.165) is 62.2 Å². The summed E-state index contributed by atoms with van der Waals surface area (Å²) in [6.45, 7) is 10.2. The molecule has 5 aliphatic carbocycles. The Bertz CT molecular complexity index is 954. The summed E-state index contributed by atoms with van der Waals surface area (Å²) in [5.74, 6) is 3.96. The molecule has 212 valence electrons. The number of piperazine rings is 1. The first-order valence-corrected chi connectivity index (χ1v) is 15.9. The molecule has 1 saturated heterocycles. The molecule has 0 spiro atoms. The van der Waals surface area contributed by atoms with Gasteiger partial charge < -0.3 is 20.2 Å². The first-order valence-electron chi connectivity index (χ1n) is 15.9. The average molecular weight is 526 g/mol. The van der Waals surface area contributed by atoms with Crippen LogP contribution in [0.15, 0.2) is 11.6 Å². The first kappa shape index (κ1) is 26.7. The van der Waals surface area contributed by atoms with Gasteiger partial charge in [0.15, 0.2) is 0 Å². The van der Waals surface area contributed by atoms with Gasteiger partial charge >= 0.3 is 6.03 Å². The minimum Gasteiger partial charge on any atom is -0.393 e. The standard InChI is InChI=1S/C32H51N3O3/c1-21(4-11-29(37)34-16-18-35(19-17-34)30(38)33-23-6-7-23)26-9-10-27-25-8-5-22-20-24(36)12-14-31(22,2)28(25)13-15-32(26,27)3/h5,21,23-28,36H,4,6-20H2,1-3H3,(H,33,38)/t21?,24-,25-,26+,27-,28-,31-,32+/m0/s1. The maximum absolute atomic E-state index is 13.1. The van der Waals surface area contributed by atoms with Gasteiger partial charge in [-0.15, -0.1) is 0 Å². The van der Waals surface area contributed by atoms with Crippen LogP contribution in [0, 0.1) is 40.4 Å². The molecule has 5 fully saturated rings. The van der Waals surface area contributed by atoms with Gasteiger partial charge in [-0.1, -0.05) is 32.4 Å². The van der Waals surface area contributed by atoms with E-state index in [1.54, 1.807) is 5.57 Å². The van der Waals surface area contributed by atoms with Crippen LogP contribution in [0.2, 0.25) is 0 Å². The Morgan fingerprint density at radius 1 is 1.00 bits per heavy atom. The van der Waals surface area contributed by atoms with Gasteiger partial charge in [0.2, 0.25) is 5.91 Å². The van der Waals surface area contributed by atoms with E-state index in [4.69, 9.17) is 0 Å². The van der Waals surface area contributed by atoms with E-state index in [0.29, 0.717) is 55.4 Å². The zero-order valence-electron chi connectivity index (χ0n) is 24.1. The van der Waals surface area contributed by atoms with Crippen molar-refractivity contribution in [3.63, 3.8) is 0 Å². The number of hydrogen-bond acceptors (Lipinski definition) is 3. The molecule has 0 aromatic rings. The molecule has 3 amide bonds. The molecule has 1 aliphatic heterocycles. The summed E-state index contributed by atoms with van der Waals surface area (Å²) in [4.78, 5) is 29.3. The molecule has 6 nitrogen and oxygen atoms in total. The molecule has 0 aromatic carbocycles. The summed E-state index contributed by atoms with van der Waals surface area (Å²) in [7, 11) is 0. The van der Waals surface area contributed by atoms with Crippen molar-refractivity contribution < 1.29 is 14.7 Å². The summed E-state index contributed by atoms with van der Waals surface area (Å²) >= 11 is 0. The molecule has 0 bridgehead atoms. The maximum atomic E-state index is 13.1. The van der Waals surface area contributed by atoms with Gasteiger partial charge in [-0.25, -0.2) is 4.79 Å². The molecule has 6 aliphatic rings. The van der Waals surface area contributed by atoms with E-state index in [9.17, 15) is 14.7 Å². The van der Waals surface area contributed by atoms with Crippen LogP contribution in [0.1, 0.15) is 97.8 Å². The molecule has 6 rings (SSSR count). The number of fused-ring (bicyclic) bond motifs is 5. The number of urea groups is 1. The largest absolute Gasteiger partial charge is 0.393 e. The zero-order valence-corrected chi connectivity index (χ0v) is 24.1. The number of rotatable bonds is 5. The fourth-order valence-corrected chi connectivity index (χ4v) is 9.98. The first-order chi connectivity index (χ1) is 18.2. The Kier molecular flexibility index (Phi) is 7.10. The second kappa shape index (κ2) is 10.1. The summed E-state index contributed by atoms with van der Waals surface area (Å²) in [6, 6.07) is 0.430. The number of hydrogen-bond donors (Lipinski definition) is 2. The van der Waals surface area contributed by atoms with Crippen molar-refractivity contribution in [2.24, 2.45) is 40.4 Å². The Morgan fingerprint density at radius 3 is 2.47 bits per heavy atom. The number of nitrogens with zero attached hydrogens (tertiary/aromatic N) is 2. The topological polar surface area (TPSA) is 72.9 Å². The highest BCUT2D eigenvalue weighted by molar-refractivity contribution is 5.78. The summed E-state index contributed by atoms with van der Waals surface area (Å²) in [5, 5.41) is 13.4. The highest BCUT2D eigenvalue weighted by atomic mass is 16.3. The van der Waals surface area contributed by atoms with Crippen LogP contribution in [0.4, 0.5) is 4.79 Å². The van der Waals surface area contributed by atoms with Crippen molar-refractivity contribution in [1.82, 2.24) is 15.1 Å². The highest BCUT2D eigenvalue weighted by Gasteiger charge is 2.59. The lowest BCUT2D eigenvalue weighted by Gasteiger charge is -2.58. The third kappa shape index (κ3) is 4.71. The van der Waals surface area contributed by atoms with Crippen LogP contribution in [-0.2, 0) is 4.79 Å². The van der Waals surface area contributed by atoms with Gasteiger partial charge in [0.25, 0.3) is 0 Å². The van der Waals surface area contributed by atoms with Crippen LogP contribution in [0.25, 0.3) is 0 Å². The molecule has 0 aromatic heterocycles. The van der Waals surface area contributed by atoms with E-state index in [-0.39, 0.29) is 18.0 Å². The molecule has 38 heavy (non-hydrogen) atoms. The second-order valence-corrected chi connectivity index (χ2v) is 14.5. The van der Waals surface area contributed by atoms with Crippen molar-refractivity contribution in [3.8, 4) is 0 Å². The van der Waals surface area contributed by atoms with E-state index >= 15 is 0 Å². The lowest BCUT2D eigenvalue weighted by molar-refractivity contribution is -0.133. The molecule has 2 N–H and O–H groups in total. The predicted molar refractivity (Wildman–Crippen MR) is 149 cm³/mol. The van der Waals surface area contributed by atoms with E-state index in [1.165, 1.54) is 32.1 Å². The normalized spacial score (nSPS) is 41.5. The van der Waals surface area contributed by atoms with Crippen LogP contribution < -0.4 is 5.32 Å². The Balaban J connectivity index is 1.02. The van der Waals surface area contributed by atoms with Crippen LogP contribution in [0.3, 0.4) is 0 Å². The molecule has 8 atom stereocenters.